The highest BCUT2D eigenvalue weighted by Gasteiger charge is 2.39. The van der Waals surface area contributed by atoms with E-state index in [2.05, 4.69) is 35.8 Å². The number of carbonyl (C=O) groups is 1. The van der Waals surface area contributed by atoms with E-state index >= 15 is 0 Å². The van der Waals surface area contributed by atoms with Crippen molar-refractivity contribution in [3.63, 3.8) is 0 Å². The van der Waals surface area contributed by atoms with Gasteiger partial charge in [-0.2, -0.15) is 0 Å². The van der Waals surface area contributed by atoms with Crippen molar-refractivity contribution in [1.82, 2.24) is 14.8 Å². The smallest absolute Gasteiger partial charge is 0.228 e. The fraction of sp³-hybridized carbons (Fsp3) is 0.789. The normalized spacial score (nSPS) is 21.6. The third kappa shape index (κ3) is 3.83. The van der Waals surface area contributed by atoms with E-state index in [9.17, 15) is 4.79 Å². The Morgan fingerprint density at radius 1 is 1.21 bits per heavy atom. The number of amides is 1. The molecule has 1 saturated heterocycles. The summed E-state index contributed by atoms with van der Waals surface area (Å²) >= 11 is 1.69. The van der Waals surface area contributed by atoms with E-state index in [-0.39, 0.29) is 5.91 Å². The quantitative estimate of drug-likeness (QED) is 0.839. The molecule has 3 rings (SSSR count). The maximum Gasteiger partial charge on any atom is 0.228 e. The Kier molecular flexibility index (Phi) is 5.30. The lowest BCUT2D eigenvalue weighted by atomic mass is 9.67. The summed E-state index contributed by atoms with van der Waals surface area (Å²) in [5.74, 6) is 0.264. The van der Waals surface area contributed by atoms with E-state index in [0.717, 1.165) is 29.8 Å². The van der Waals surface area contributed by atoms with E-state index in [0.29, 0.717) is 11.8 Å². The predicted molar refractivity (Wildman–Crippen MR) is 99.5 cm³/mol. The highest BCUT2D eigenvalue weighted by atomic mass is 32.1. The Labute approximate surface area is 150 Å². The fourth-order valence-corrected chi connectivity index (χ4v) is 5.29. The van der Waals surface area contributed by atoms with Gasteiger partial charge in [-0.1, -0.05) is 0 Å². The average molecular weight is 350 g/mol. The van der Waals surface area contributed by atoms with Crippen molar-refractivity contribution >= 4 is 17.2 Å². The number of nitrogens with zero attached hydrogens (tertiary/aromatic N) is 3. The molecule has 1 amide bonds. The molecule has 2 aliphatic rings. The van der Waals surface area contributed by atoms with Crippen molar-refractivity contribution in [3.8, 4) is 0 Å². The largest absolute Gasteiger partial charge is 0.342 e. The first-order valence-electron chi connectivity index (χ1n) is 9.26. The van der Waals surface area contributed by atoms with Crippen molar-refractivity contribution in [1.29, 1.82) is 0 Å². The maximum atomic E-state index is 12.6. The molecule has 1 saturated carbocycles. The molecule has 24 heavy (non-hydrogen) atoms. The molecule has 0 N–H and O–H groups in total. The molecular weight excluding hydrogens is 318 g/mol. The predicted octanol–water partition coefficient (Wildman–Crippen LogP) is 3.42. The highest BCUT2D eigenvalue weighted by Crippen LogP contribution is 2.45. The first kappa shape index (κ1) is 17.9. The third-order valence-electron chi connectivity index (χ3n) is 6.24. The number of likely N-dealkylation sites (tertiary alicyclic amines) is 1. The van der Waals surface area contributed by atoms with E-state index in [1.165, 1.54) is 43.4 Å². The van der Waals surface area contributed by atoms with Gasteiger partial charge in [0, 0.05) is 24.0 Å². The molecule has 1 aromatic rings. The first-order valence-corrected chi connectivity index (χ1v) is 10.1. The number of carbonyl (C=O) groups excluding carboxylic acids is 1. The lowest BCUT2D eigenvalue weighted by molar-refractivity contribution is -0.133. The summed E-state index contributed by atoms with van der Waals surface area (Å²) in [6, 6.07) is 0.756. The lowest BCUT2D eigenvalue weighted by Gasteiger charge is -2.47. The molecule has 0 atom stereocenters. The van der Waals surface area contributed by atoms with Gasteiger partial charge in [0.05, 0.1) is 17.1 Å². The topological polar surface area (TPSA) is 36.4 Å². The van der Waals surface area contributed by atoms with Crippen LogP contribution in [-0.4, -0.2) is 53.9 Å². The summed E-state index contributed by atoms with van der Waals surface area (Å²) in [7, 11) is 4.40. The number of hydrogen-bond donors (Lipinski definition) is 0. The van der Waals surface area contributed by atoms with Gasteiger partial charge in [0.15, 0.2) is 0 Å². The van der Waals surface area contributed by atoms with Gasteiger partial charge in [-0.15, -0.1) is 11.3 Å². The number of rotatable bonds is 3. The second-order valence-electron chi connectivity index (χ2n) is 7.99. The van der Waals surface area contributed by atoms with Crippen molar-refractivity contribution in [2.75, 3.05) is 27.2 Å². The van der Waals surface area contributed by atoms with Crippen LogP contribution in [0.2, 0.25) is 0 Å². The van der Waals surface area contributed by atoms with Crippen molar-refractivity contribution in [2.45, 2.75) is 64.8 Å². The van der Waals surface area contributed by atoms with Gasteiger partial charge in [0.25, 0.3) is 0 Å². The Morgan fingerprint density at radius 3 is 2.33 bits per heavy atom. The van der Waals surface area contributed by atoms with Crippen LogP contribution in [0.3, 0.4) is 0 Å². The number of aryl methyl sites for hydroxylation is 2. The maximum absolute atomic E-state index is 12.6. The Morgan fingerprint density at radius 2 is 1.83 bits per heavy atom. The van der Waals surface area contributed by atoms with E-state index in [1.807, 2.05) is 6.92 Å². The SMILES string of the molecule is Cc1nc(CC(=O)N2CCC3(CCC(N(C)C)CC3)CC2)c(C)s1. The zero-order valence-electron chi connectivity index (χ0n) is 15.6. The Bertz CT molecular complexity index is 577. The molecule has 2 fully saturated rings. The molecule has 0 radical (unpaired) electrons. The lowest BCUT2D eigenvalue weighted by Crippen LogP contribution is -2.46. The van der Waals surface area contributed by atoms with Crippen LogP contribution in [0.1, 0.15) is 54.1 Å². The van der Waals surface area contributed by atoms with Crippen LogP contribution in [0.4, 0.5) is 0 Å². The van der Waals surface area contributed by atoms with Crippen molar-refractivity contribution in [2.24, 2.45) is 5.41 Å². The number of thiazole rings is 1. The minimum absolute atomic E-state index is 0.264. The Hall–Kier alpha value is -0.940. The van der Waals surface area contributed by atoms with Gasteiger partial charge in [0.2, 0.25) is 5.91 Å². The number of piperidine rings is 1. The van der Waals surface area contributed by atoms with Crippen molar-refractivity contribution < 1.29 is 4.79 Å². The van der Waals surface area contributed by atoms with Crippen LogP contribution in [0.5, 0.6) is 0 Å². The fourth-order valence-electron chi connectivity index (χ4n) is 4.45. The summed E-state index contributed by atoms with van der Waals surface area (Å²) in [5, 5.41) is 1.06. The van der Waals surface area contributed by atoms with Gasteiger partial charge < -0.3 is 9.80 Å². The third-order valence-corrected chi connectivity index (χ3v) is 7.17. The molecule has 0 aromatic carbocycles. The van der Waals surface area contributed by atoms with Gasteiger partial charge >= 0.3 is 0 Å². The molecule has 4 nitrogen and oxygen atoms in total. The first-order chi connectivity index (χ1) is 11.4. The van der Waals surface area contributed by atoms with Crippen LogP contribution < -0.4 is 0 Å². The minimum atomic E-state index is 0.264. The van der Waals surface area contributed by atoms with Crippen LogP contribution in [0.25, 0.3) is 0 Å². The van der Waals surface area contributed by atoms with Crippen LogP contribution >= 0.6 is 11.3 Å². The summed E-state index contributed by atoms with van der Waals surface area (Å²) in [6.45, 7) is 5.96. The molecule has 2 heterocycles. The number of hydrogen-bond acceptors (Lipinski definition) is 4. The summed E-state index contributed by atoms with van der Waals surface area (Å²) < 4.78 is 0. The molecular formula is C19H31N3OS. The molecule has 134 valence electrons. The monoisotopic (exact) mass is 349 g/mol. The molecule has 1 spiro atoms. The van der Waals surface area contributed by atoms with E-state index < -0.39 is 0 Å². The average Bonchev–Trinajstić information content (AvgIpc) is 2.86. The number of aromatic nitrogens is 1. The molecule has 5 heteroatoms. The van der Waals surface area contributed by atoms with Gasteiger partial charge in [-0.05, 0) is 71.9 Å². The minimum Gasteiger partial charge on any atom is -0.342 e. The van der Waals surface area contributed by atoms with Crippen LogP contribution in [0, 0.1) is 19.3 Å². The molecule has 1 aliphatic carbocycles. The summed E-state index contributed by atoms with van der Waals surface area (Å²) in [5.41, 5.74) is 1.49. The standard InChI is InChI=1S/C19H31N3OS/c1-14-17(20-15(2)24-14)13-18(23)22-11-9-19(10-12-22)7-5-16(6-8-19)21(3)4/h16H,5-13H2,1-4H3. The van der Waals surface area contributed by atoms with Gasteiger partial charge in [-0.25, -0.2) is 4.98 Å². The van der Waals surface area contributed by atoms with Crippen molar-refractivity contribution in [3.05, 3.63) is 15.6 Å². The zero-order valence-corrected chi connectivity index (χ0v) is 16.4. The Balaban J connectivity index is 1.52. The zero-order chi connectivity index (χ0) is 17.3. The second-order valence-corrected chi connectivity index (χ2v) is 9.40. The molecule has 0 bridgehead atoms. The molecule has 0 unspecified atom stereocenters. The molecule has 1 aliphatic heterocycles. The van der Waals surface area contributed by atoms with Gasteiger partial charge in [0.1, 0.15) is 0 Å². The summed E-state index contributed by atoms with van der Waals surface area (Å²) in [4.78, 5) is 22.8. The van der Waals surface area contributed by atoms with E-state index in [1.54, 1.807) is 11.3 Å². The van der Waals surface area contributed by atoms with Crippen LogP contribution in [-0.2, 0) is 11.2 Å². The van der Waals surface area contributed by atoms with Crippen LogP contribution in [0.15, 0.2) is 0 Å². The summed E-state index contributed by atoms with van der Waals surface area (Å²) in [6.07, 6.45) is 8.16. The van der Waals surface area contributed by atoms with E-state index in [4.69, 9.17) is 0 Å². The molecule has 1 aromatic heterocycles. The highest BCUT2D eigenvalue weighted by molar-refractivity contribution is 7.11. The van der Waals surface area contributed by atoms with Gasteiger partial charge in [-0.3, -0.25) is 4.79 Å². The second kappa shape index (κ2) is 7.12.